The van der Waals surface area contributed by atoms with Crippen LogP contribution < -0.4 is 0 Å². The van der Waals surface area contributed by atoms with Crippen molar-refractivity contribution in [1.29, 1.82) is 5.26 Å². The molecular formula is C9H11F2NO2. The molecular weight excluding hydrogens is 192 g/mol. The Morgan fingerprint density at radius 1 is 1.64 bits per heavy atom. The van der Waals surface area contributed by atoms with Crippen molar-refractivity contribution in [3.8, 4) is 6.07 Å². The molecule has 0 N–H and O–H groups in total. The molecule has 0 bridgehead atoms. The Morgan fingerprint density at radius 3 is 2.71 bits per heavy atom. The summed E-state index contributed by atoms with van der Waals surface area (Å²) in [5.74, 6) is -3.13. The van der Waals surface area contributed by atoms with Gasteiger partial charge in [-0.3, -0.25) is 4.79 Å². The van der Waals surface area contributed by atoms with E-state index in [2.05, 4.69) is 11.3 Å². The molecule has 0 aliphatic heterocycles. The second-order valence-electron chi connectivity index (χ2n) is 2.54. The van der Waals surface area contributed by atoms with E-state index in [1.165, 1.54) is 6.07 Å². The maximum atomic E-state index is 12.0. The molecule has 0 aromatic rings. The lowest BCUT2D eigenvalue weighted by atomic mass is 10.2. The van der Waals surface area contributed by atoms with E-state index in [9.17, 15) is 13.6 Å². The fourth-order valence-electron chi connectivity index (χ4n) is 0.702. The normalized spacial score (nSPS) is 11.9. The van der Waals surface area contributed by atoms with Crippen LogP contribution >= 0.6 is 0 Å². The van der Waals surface area contributed by atoms with Gasteiger partial charge in [-0.15, -0.1) is 6.58 Å². The fraction of sp³-hybridized carbons (Fsp3) is 0.556. The van der Waals surface area contributed by atoms with Gasteiger partial charge < -0.3 is 4.74 Å². The quantitative estimate of drug-likeness (QED) is 0.376. The van der Waals surface area contributed by atoms with Crippen molar-refractivity contribution in [3.05, 3.63) is 12.7 Å². The first-order valence-electron chi connectivity index (χ1n) is 4.08. The van der Waals surface area contributed by atoms with Crippen LogP contribution in [0.3, 0.4) is 0 Å². The molecule has 0 aliphatic rings. The Balaban J connectivity index is 3.83. The lowest BCUT2D eigenvalue weighted by Gasteiger charge is -2.07. The van der Waals surface area contributed by atoms with Crippen LogP contribution in [0.4, 0.5) is 8.78 Å². The largest absolute Gasteiger partial charge is 0.465 e. The summed E-state index contributed by atoms with van der Waals surface area (Å²) in [6.07, 6.45) is -0.203. The van der Waals surface area contributed by atoms with E-state index in [1.54, 1.807) is 6.08 Å². The molecule has 0 saturated heterocycles. The summed E-state index contributed by atoms with van der Waals surface area (Å²) >= 11 is 0. The second-order valence-corrected chi connectivity index (χ2v) is 2.54. The van der Waals surface area contributed by atoms with Crippen LogP contribution in [0.2, 0.25) is 0 Å². The van der Waals surface area contributed by atoms with E-state index < -0.39 is 18.3 Å². The molecule has 5 heteroatoms. The number of esters is 1. The summed E-state index contributed by atoms with van der Waals surface area (Å²) in [7, 11) is 0. The molecule has 0 radical (unpaired) electrons. The number of allylic oxidation sites excluding steroid dienone is 1. The Hall–Kier alpha value is -1.44. The number of hydrogen-bond donors (Lipinski definition) is 0. The monoisotopic (exact) mass is 203 g/mol. The maximum absolute atomic E-state index is 12.0. The Bertz CT molecular complexity index is 235. The first kappa shape index (κ1) is 12.6. The smallest absolute Gasteiger partial charge is 0.329 e. The van der Waals surface area contributed by atoms with Gasteiger partial charge in [-0.25, -0.2) is 8.78 Å². The highest BCUT2D eigenvalue weighted by Crippen LogP contribution is 2.10. The van der Waals surface area contributed by atoms with Crippen molar-refractivity contribution < 1.29 is 18.3 Å². The minimum atomic E-state index is -2.99. The van der Waals surface area contributed by atoms with E-state index in [-0.39, 0.29) is 6.61 Å². The zero-order chi connectivity index (χ0) is 11.0. The summed E-state index contributed by atoms with van der Waals surface area (Å²) < 4.78 is 28.4. The van der Waals surface area contributed by atoms with Crippen molar-refractivity contribution in [2.45, 2.75) is 19.3 Å². The number of nitriles is 1. The Labute approximate surface area is 81.0 Å². The molecule has 0 fully saturated rings. The standard InChI is InChI=1S/C9H11F2NO2/c1-2-3-4-5-14-9(13)7(6-12)8(10)11/h2,7-8H,1,3-5H2. The van der Waals surface area contributed by atoms with Gasteiger partial charge in [0.1, 0.15) is 0 Å². The van der Waals surface area contributed by atoms with Gasteiger partial charge in [0.2, 0.25) is 5.92 Å². The summed E-state index contributed by atoms with van der Waals surface area (Å²) in [6, 6.07) is 1.20. The van der Waals surface area contributed by atoms with E-state index in [0.29, 0.717) is 12.8 Å². The number of carbonyl (C=O) groups excluding carboxylic acids is 1. The summed E-state index contributed by atoms with van der Waals surface area (Å²) in [4.78, 5) is 10.8. The minimum Gasteiger partial charge on any atom is -0.465 e. The zero-order valence-electron chi connectivity index (χ0n) is 7.58. The van der Waals surface area contributed by atoms with Gasteiger partial charge in [0.05, 0.1) is 12.7 Å². The molecule has 3 nitrogen and oxygen atoms in total. The van der Waals surface area contributed by atoms with Crippen LogP contribution in [0, 0.1) is 17.2 Å². The van der Waals surface area contributed by atoms with Crippen molar-refractivity contribution in [1.82, 2.24) is 0 Å². The van der Waals surface area contributed by atoms with Gasteiger partial charge in [0.15, 0.2) is 0 Å². The molecule has 0 aliphatic carbocycles. The van der Waals surface area contributed by atoms with Crippen molar-refractivity contribution >= 4 is 5.97 Å². The van der Waals surface area contributed by atoms with Crippen molar-refractivity contribution in [2.24, 2.45) is 5.92 Å². The van der Waals surface area contributed by atoms with E-state index in [4.69, 9.17) is 5.26 Å². The van der Waals surface area contributed by atoms with Gasteiger partial charge in [-0.2, -0.15) is 5.26 Å². The molecule has 0 saturated carbocycles. The average molecular weight is 203 g/mol. The van der Waals surface area contributed by atoms with E-state index >= 15 is 0 Å². The number of ether oxygens (including phenoxy) is 1. The lowest BCUT2D eigenvalue weighted by molar-refractivity contribution is -0.150. The Morgan fingerprint density at radius 2 is 2.29 bits per heavy atom. The maximum Gasteiger partial charge on any atom is 0.329 e. The highest BCUT2D eigenvalue weighted by molar-refractivity contribution is 5.75. The van der Waals surface area contributed by atoms with Gasteiger partial charge in [0, 0.05) is 0 Å². The molecule has 0 amide bonds. The molecule has 0 spiro atoms. The predicted molar refractivity (Wildman–Crippen MR) is 45.5 cm³/mol. The van der Waals surface area contributed by atoms with Crippen molar-refractivity contribution in [3.63, 3.8) is 0 Å². The number of halogens is 2. The minimum absolute atomic E-state index is 0.0375. The van der Waals surface area contributed by atoms with E-state index in [1.807, 2.05) is 0 Å². The van der Waals surface area contributed by atoms with Crippen LogP contribution in [-0.2, 0) is 9.53 Å². The third-order valence-corrected chi connectivity index (χ3v) is 1.44. The van der Waals surface area contributed by atoms with Gasteiger partial charge in [-0.1, -0.05) is 6.08 Å². The lowest BCUT2D eigenvalue weighted by Crippen LogP contribution is -2.23. The average Bonchev–Trinajstić information content (AvgIpc) is 2.13. The highest BCUT2D eigenvalue weighted by Gasteiger charge is 2.29. The van der Waals surface area contributed by atoms with Crippen LogP contribution in [0.25, 0.3) is 0 Å². The number of carbonyl (C=O) groups is 1. The second kappa shape index (κ2) is 7.01. The molecule has 0 aromatic heterocycles. The molecule has 78 valence electrons. The number of unbranched alkanes of at least 4 members (excludes halogenated alkanes) is 1. The number of nitrogens with zero attached hydrogens (tertiary/aromatic N) is 1. The number of rotatable bonds is 6. The third kappa shape index (κ3) is 4.55. The zero-order valence-corrected chi connectivity index (χ0v) is 7.58. The summed E-state index contributed by atoms with van der Waals surface area (Å²) in [6.45, 7) is 3.48. The first-order chi connectivity index (χ1) is 6.63. The third-order valence-electron chi connectivity index (χ3n) is 1.44. The summed E-state index contributed by atoms with van der Waals surface area (Å²) in [5.41, 5.74) is 0. The van der Waals surface area contributed by atoms with Crippen molar-refractivity contribution in [2.75, 3.05) is 6.61 Å². The number of alkyl halides is 2. The molecule has 0 rings (SSSR count). The summed E-state index contributed by atoms with van der Waals surface area (Å²) in [5, 5.41) is 8.22. The molecule has 1 atom stereocenters. The van der Waals surface area contributed by atoms with Gasteiger partial charge in [-0.05, 0) is 12.8 Å². The highest BCUT2D eigenvalue weighted by atomic mass is 19.3. The van der Waals surface area contributed by atoms with E-state index in [0.717, 1.165) is 0 Å². The molecule has 1 unspecified atom stereocenters. The fourth-order valence-corrected chi connectivity index (χ4v) is 0.702. The molecule has 0 heterocycles. The van der Waals surface area contributed by atoms with Crippen LogP contribution in [0.5, 0.6) is 0 Å². The molecule has 0 aromatic carbocycles. The van der Waals surface area contributed by atoms with Crippen LogP contribution in [0.15, 0.2) is 12.7 Å². The van der Waals surface area contributed by atoms with Gasteiger partial charge >= 0.3 is 5.97 Å². The van der Waals surface area contributed by atoms with Crippen LogP contribution in [-0.4, -0.2) is 19.0 Å². The Kier molecular flexibility index (Phi) is 6.29. The first-order valence-corrected chi connectivity index (χ1v) is 4.08. The SMILES string of the molecule is C=CCCCOC(=O)C(C#N)C(F)F. The predicted octanol–water partition coefficient (Wildman–Crippen LogP) is 1.90. The molecule has 14 heavy (non-hydrogen) atoms. The topological polar surface area (TPSA) is 50.1 Å². The van der Waals surface area contributed by atoms with Crippen LogP contribution in [0.1, 0.15) is 12.8 Å². The van der Waals surface area contributed by atoms with Gasteiger partial charge in [0.25, 0.3) is 6.43 Å². The number of hydrogen-bond acceptors (Lipinski definition) is 3.